The van der Waals surface area contributed by atoms with Gasteiger partial charge in [0.15, 0.2) is 10.9 Å². The van der Waals surface area contributed by atoms with Crippen LogP contribution in [0.5, 0.6) is 0 Å². The number of carbonyl (C=O) groups excluding carboxylic acids is 1. The molecule has 1 N–H and O–H groups in total. The zero-order chi connectivity index (χ0) is 23.9. The van der Waals surface area contributed by atoms with Crippen LogP contribution in [0.15, 0.2) is 95.2 Å². The van der Waals surface area contributed by atoms with Crippen LogP contribution < -0.4 is 5.32 Å². The molecule has 1 amide bonds. The highest BCUT2D eigenvalue weighted by Crippen LogP contribution is 2.25. The molecule has 5 aromatic rings. The molecule has 0 aliphatic rings. The Morgan fingerprint density at radius 2 is 1.77 bits per heavy atom. The van der Waals surface area contributed by atoms with Crippen molar-refractivity contribution in [3.05, 3.63) is 102 Å². The third-order valence-electron chi connectivity index (χ3n) is 5.37. The van der Waals surface area contributed by atoms with Crippen LogP contribution in [0.25, 0.3) is 11.6 Å². The summed E-state index contributed by atoms with van der Waals surface area (Å²) in [6.45, 7) is 1.60. The van der Waals surface area contributed by atoms with Gasteiger partial charge in [0, 0.05) is 6.54 Å². The van der Waals surface area contributed by atoms with E-state index in [2.05, 4.69) is 25.6 Å². The summed E-state index contributed by atoms with van der Waals surface area (Å²) in [6.07, 6.45) is 4.79. The minimum Gasteiger partial charge on any atom is -0.461 e. The molecular weight excluding hydrogens is 462 g/mol. The zero-order valence-corrected chi connectivity index (χ0v) is 19.6. The summed E-state index contributed by atoms with van der Waals surface area (Å²) in [5, 5.41) is 16.5. The van der Waals surface area contributed by atoms with Crippen LogP contribution in [0.3, 0.4) is 0 Å². The van der Waals surface area contributed by atoms with E-state index in [4.69, 9.17) is 4.42 Å². The van der Waals surface area contributed by atoms with Gasteiger partial charge in [-0.25, -0.2) is 9.67 Å². The second-order valence-electron chi connectivity index (χ2n) is 7.78. The fraction of sp³-hybridized carbons (Fsp3) is 0.160. The number of carbonyl (C=O) groups is 1. The normalized spacial score (nSPS) is 11.0. The monoisotopic (exact) mass is 485 g/mol. The van der Waals surface area contributed by atoms with E-state index in [0.29, 0.717) is 36.4 Å². The molecule has 0 aliphatic heterocycles. The SMILES string of the molecule is O=C(CSc1nnc(-c2ccco2)n1Cc1ccccc1)NCc1ccccc1Cn1cncn1. The van der Waals surface area contributed by atoms with Crippen LogP contribution in [-0.2, 0) is 24.4 Å². The van der Waals surface area contributed by atoms with Crippen molar-refractivity contribution in [2.75, 3.05) is 5.75 Å². The zero-order valence-electron chi connectivity index (χ0n) is 18.8. The van der Waals surface area contributed by atoms with Crippen LogP contribution >= 0.6 is 11.8 Å². The van der Waals surface area contributed by atoms with Crippen molar-refractivity contribution in [1.29, 1.82) is 0 Å². The number of hydrogen-bond acceptors (Lipinski definition) is 7. The lowest BCUT2D eigenvalue weighted by Crippen LogP contribution is -2.25. The lowest BCUT2D eigenvalue weighted by molar-refractivity contribution is -0.118. The summed E-state index contributed by atoms with van der Waals surface area (Å²) in [5.74, 6) is 1.40. The number of furan rings is 1. The first kappa shape index (κ1) is 22.6. The number of hydrogen-bond donors (Lipinski definition) is 1. The summed E-state index contributed by atoms with van der Waals surface area (Å²) in [6, 6.07) is 21.7. The molecule has 2 aromatic carbocycles. The number of thioether (sulfide) groups is 1. The highest BCUT2D eigenvalue weighted by molar-refractivity contribution is 7.99. The van der Waals surface area contributed by atoms with E-state index in [0.717, 1.165) is 16.7 Å². The van der Waals surface area contributed by atoms with Crippen molar-refractivity contribution in [3.63, 3.8) is 0 Å². The molecule has 3 aromatic heterocycles. The van der Waals surface area contributed by atoms with Gasteiger partial charge in [-0.05, 0) is 28.8 Å². The van der Waals surface area contributed by atoms with Crippen molar-refractivity contribution < 1.29 is 9.21 Å². The highest BCUT2D eigenvalue weighted by atomic mass is 32.2. The summed E-state index contributed by atoms with van der Waals surface area (Å²) in [5.41, 5.74) is 3.22. The fourth-order valence-electron chi connectivity index (χ4n) is 3.64. The van der Waals surface area contributed by atoms with Crippen LogP contribution in [0.2, 0.25) is 0 Å². The van der Waals surface area contributed by atoms with Gasteiger partial charge in [-0.1, -0.05) is 66.4 Å². The van der Waals surface area contributed by atoms with Gasteiger partial charge in [0.25, 0.3) is 0 Å². The Morgan fingerprint density at radius 3 is 2.54 bits per heavy atom. The smallest absolute Gasteiger partial charge is 0.230 e. The molecule has 5 rings (SSSR count). The topological polar surface area (TPSA) is 104 Å². The minimum atomic E-state index is -0.0839. The Morgan fingerprint density at radius 1 is 0.943 bits per heavy atom. The van der Waals surface area contributed by atoms with Crippen LogP contribution in [0.4, 0.5) is 0 Å². The Kier molecular flexibility index (Phi) is 7.00. The van der Waals surface area contributed by atoms with E-state index in [9.17, 15) is 4.79 Å². The van der Waals surface area contributed by atoms with Gasteiger partial charge >= 0.3 is 0 Å². The van der Waals surface area contributed by atoms with Gasteiger partial charge < -0.3 is 9.73 Å². The van der Waals surface area contributed by atoms with Gasteiger partial charge in [-0.3, -0.25) is 9.36 Å². The third-order valence-corrected chi connectivity index (χ3v) is 6.33. The van der Waals surface area contributed by atoms with Crippen LogP contribution in [0, 0.1) is 0 Å². The second-order valence-corrected chi connectivity index (χ2v) is 8.72. The first-order valence-corrected chi connectivity index (χ1v) is 12.0. The Bertz CT molecular complexity index is 1370. The third kappa shape index (κ3) is 5.67. The van der Waals surface area contributed by atoms with Crippen LogP contribution in [0.1, 0.15) is 16.7 Å². The molecule has 0 aliphatic carbocycles. The van der Waals surface area contributed by atoms with Crippen molar-refractivity contribution in [1.82, 2.24) is 34.8 Å². The molecule has 3 heterocycles. The molecule has 0 unspecified atom stereocenters. The van der Waals surface area contributed by atoms with E-state index < -0.39 is 0 Å². The molecule has 0 saturated heterocycles. The first-order valence-electron chi connectivity index (χ1n) is 11.1. The molecule has 9 nitrogen and oxygen atoms in total. The van der Waals surface area contributed by atoms with Gasteiger partial charge in [-0.2, -0.15) is 5.10 Å². The fourth-order valence-corrected chi connectivity index (χ4v) is 4.41. The molecule has 0 atom stereocenters. The van der Waals surface area contributed by atoms with Crippen molar-refractivity contribution in [2.45, 2.75) is 24.8 Å². The van der Waals surface area contributed by atoms with Gasteiger partial charge in [0.1, 0.15) is 12.7 Å². The molecule has 0 bridgehead atoms. The quantitative estimate of drug-likeness (QED) is 0.301. The molecular formula is C25H23N7O2S. The highest BCUT2D eigenvalue weighted by Gasteiger charge is 2.18. The number of nitrogens with one attached hydrogen (secondary N) is 1. The lowest BCUT2D eigenvalue weighted by Gasteiger charge is -2.11. The number of rotatable bonds is 10. The maximum atomic E-state index is 12.7. The first-order chi connectivity index (χ1) is 17.3. The summed E-state index contributed by atoms with van der Waals surface area (Å²) >= 11 is 1.35. The average Bonchev–Trinajstić information content (AvgIpc) is 3.66. The molecule has 35 heavy (non-hydrogen) atoms. The Balaban J connectivity index is 1.24. The van der Waals surface area contributed by atoms with E-state index in [1.54, 1.807) is 17.3 Å². The number of nitrogens with zero attached hydrogens (tertiary/aromatic N) is 6. The molecule has 0 saturated carbocycles. The standard InChI is InChI=1S/C25H23N7O2S/c33-23(27-13-20-9-4-5-10-21(20)15-31-18-26-17-28-31)16-35-25-30-29-24(22-11-6-12-34-22)32(25)14-19-7-2-1-3-8-19/h1-12,17-18H,13-16H2,(H,27,33). The van der Waals surface area contributed by atoms with E-state index >= 15 is 0 Å². The predicted molar refractivity (Wildman–Crippen MR) is 131 cm³/mol. The lowest BCUT2D eigenvalue weighted by atomic mass is 10.1. The van der Waals surface area contributed by atoms with Crippen molar-refractivity contribution >= 4 is 17.7 Å². The second kappa shape index (κ2) is 10.8. The predicted octanol–water partition coefficient (Wildman–Crippen LogP) is 3.63. The largest absolute Gasteiger partial charge is 0.461 e. The minimum absolute atomic E-state index is 0.0839. The summed E-state index contributed by atoms with van der Waals surface area (Å²) in [7, 11) is 0. The molecule has 0 fully saturated rings. The summed E-state index contributed by atoms with van der Waals surface area (Å²) in [4.78, 5) is 16.7. The van der Waals surface area contributed by atoms with E-state index in [1.165, 1.54) is 18.1 Å². The average molecular weight is 486 g/mol. The van der Waals surface area contributed by atoms with Crippen LogP contribution in [-0.4, -0.2) is 41.2 Å². The number of amides is 1. The number of aromatic nitrogens is 6. The molecule has 0 radical (unpaired) electrons. The van der Waals surface area contributed by atoms with E-state index in [1.807, 2.05) is 71.3 Å². The van der Waals surface area contributed by atoms with Gasteiger partial charge in [0.05, 0.1) is 25.1 Å². The Labute approximate surface area is 206 Å². The summed E-state index contributed by atoms with van der Waals surface area (Å²) < 4.78 is 9.28. The van der Waals surface area contributed by atoms with Crippen molar-refractivity contribution in [2.24, 2.45) is 0 Å². The van der Waals surface area contributed by atoms with Gasteiger partial charge in [-0.15, -0.1) is 10.2 Å². The molecule has 10 heteroatoms. The molecule has 176 valence electrons. The van der Waals surface area contributed by atoms with Gasteiger partial charge in [0.2, 0.25) is 11.7 Å². The maximum Gasteiger partial charge on any atom is 0.230 e. The van der Waals surface area contributed by atoms with Crippen molar-refractivity contribution in [3.8, 4) is 11.6 Å². The maximum absolute atomic E-state index is 12.7. The van der Waals surface area contributed by atoms with E-state index in [-0.39, 0.29) is 11.7 Å². The molecule has 0 spiro atoms. The Hall–Kier alpha value is -4.18. The number of benzene rings is 2.